The normalized spacial score (nSPS) is 12.9. The van der Waals surface area contributed by atoms with E-state index in [0.29, 0.717) is 0 Å². The van der Waals surface area contributed by atoms with Crippen LogP contribution < -0.4 is 16.0 Å². The number of imide groups is 1. The van der Waals surface area contributed by atoms with Crippen molar-refractivity contribution in [2.24, 2.45) is 0 Å². The molecule has 0 aliphatic carbocycles. The summed E-state index contributed by atoms with van der Waals surface area (Å²) in [4.78, 5) is 24.0. The van der Waals surface area contributed by atoms with Crippen LogP contribution in [-0.2, 0) is 11.2 Å². The van der Waals surface area contributed by atoms with Crippen molar-refractivity contribution in [3.05, 3.63) is 71.8 Å². The van der Waals surface area contributed by atoms with Crippen LogP contribution in [0.25, 0.3) is 0 Å². The zero-order valence-corrected chi connectivity index (χ0v) is 14.7. The minimum Gasteiger partial charge on any atom is -0.341 e. The Labute approximate surface area is 148 Å². The largest absolute Gasteiger partial charge is 0.341 e. The molecule has 3 amide bonds. The van der Waals surface area contributed by atoms with Gasteiger partial charge in [0.05, 0.1) is 6.04 Å². The molecule has 4 N–H and O–H groups in total. The van der Waals surface area contributed by atoms with Gasteiger partial charge in [0.1, 0.15) is 0 Å². The predicted octanol–water partition coefficient (Wildman–Crippen LogP) is 1.77. The molecule has 0 unspecified atom stereocenters. The quantitative estimate of drug-likeness (QED) is 0.718. The Bertz CT molecular complexity index is 674. The van der Waals surface area contributed by atoms with Crippen LogP contribution in [0.15, 0.2) is 60.7 Å². The second-order valence-corrected chi connectivity index (χ2v) is 6.15. The molecule has 5 nitrogen and oxygen atoms in total. The Morgan fingerprint density at radius 1 is 1.00 bits per heavy atom. The number of rotatable bonds is 7. The number of carbonyl (C=O) groups is 2. The first-order chi connectivity index (χ1) is 12.1. The number of urea groups is 1. The van der Waals surface area contributed by atoms with Gasteiger partial charge in [0.25, 0.3) is 5.91 Å². The summed E-state index contributed by atoms with van der Waals surface area (Å²) < 4.78 is 0. The van der Waals surface area contributed by atoms with E-state index < -0.39 is 12.1 Å². The molecule has 0 spiro atoms. The van der Waals surface area contributed by atoms with Gasteiger partial charge in [-0.25, -0.2) is 4.79 Å². The van der Waals surface area contributed by atoms with Gasteiger partial charge in [-0.1, -0.05) is 60.7 Å². The van der Waals surface area contributed by atoms with E-state index >= 15 is 0 Å². The van der Waals surface area contributed by atoms with E-state index in [4.69, 9.17) is 0 Å². The van der Waals surface area contributed by atoms with E-state index in [1.54, 1.807) is 0 Å². The summed E-state index contributed by atoms with van der Waals surface area (Å²) >= 11 is 0. The molecule has 0 heterocycles. The average molecular weight is 340 g/mol. The fourth-order valence-electron chi connectivity index (χ4n) is 2.73. The Morgan fingerprint density at radius 3 is 2.20 bits per heavy atom. The maximum Gasteiger partial charge on any atom is 0.321 e. The number of nitrogens with one attached hydrogen (secondary N) is 2. The molecule has 5 heteroatoms. The maximum atomic E-state index is 12.5. The Morgan fingerprint density at radius 2 is 1.60 bits per heavy atom. The molecule has 0 saturated heterocycles. The Hall–Kier alpha value is -2.66. The highest BCUT2D eigenvalue weighted by Gasteiger charge is 2.27. The molecule has 0 fully saturated rings. The summed E-state index contributed by atoms with van der Waals surface area (Å²) in [5.41, 5.74) is 2.17. The fraction of sp³-hybridized carbons (Fsp3) is 0.300. The van der Waals surface area contributed by atoms with Gasteiger partial charge in [-0.05, 0) is 18.9 Å². The number of benzene rings is 2. The molecule has 0 saturated carbocycles. The summed E-state index contributed by atoms with van der Waals surface area (Å²) in [5.74, 6) is -0.308. The van der Waals surface area contributed by atoms with Gasteiger partial charge in [0.15, 0.2) is 6.04 Å². The van der Waals surface area contributed by atoms with Gasteiger partial charge in [-0.3, -0.25) is 10.1 Å². The third-order valence-electron chi connectivity index (χ3n) is 4.16. The van der Waals surface area contributed by atoms with Crippen molar-refractivity contribution in [3.63, 3.8) is 0 Å². The summed E-state index contributed by atoms with van der Waals surface area (Å²) in [5, 5.41) is 6.83. The molecule has 2 aromatic rings. The SMILES string of the molecule is CNC(=O)NC(=O)[C@@H]([NH2+][C@@H](C)CCc1ccccc1)c1ccccc1. The second-order valence-electron chi connectivity index (χ2n) is 6.15. The molecular weight excluding hydrogens is 314 g/mol. The molecular formula is C20H26N3O2+. The van der Waals surface area contributed by atoms with Crippen molar-refractivity contribution in [1.29, 1.82) is 0 Å². The van der Waals surface area contributed by atoms with Crippen molar-refractivity contribution >= 4 is 11.9 Å². The van der Waals surface area contributed by atoms with Gasteiger partial charge in [0, 0.05) is 19.0 Å². The lowest BCUT2D eigenvalue weighted by molar-refractivity contribution is -0.713. The van der Waals surface area contributed by atoms with Crippen molar-refractivity contribution in [2.75, 3.05) is 7.05 Å². The van der Waals surface area contributed by atoms with Gasteiger partial charge < -0.3 is 10.6 Å². The number of amides is 3. The van der Waals surface area contributed by atoms with Crippen LogP contribution in [0.2, 0.25) is 0 Å². The smallest absolute Gasteiger partial charge is 0.321 e. The van der Waals surface area contributed by atoms with E-state index in [9.17, 15) is 9.59 Å². The number of carbonyl (C=O) groups excluding carboxylic acids is 2. The highest BCUT2D eigenvalue weighted by molar-refractivity contribution is 5.96. The zero-order chi connectivity index (χ0) is 18.1. The molecule has 0 aliphatic heterocycles. The summed E-state index contributed by atoms with van der Waals surface area (Å²) in [6, 6.07) is 19.1. The van der Waals surface area contributed by atoms with Gasteiger partial charge in [-0.2, -0.15) is 0 Å². The lowest BCUT2D eigenvalue weighted by atomic mass is 10.0. The van der Waals surface area contributed by atoms with Crippen molar-refractivity contribution in [3.8, 4) is 0 Å². The highest BCUT2D eigenvalue weighted by atomic mass is 16.2. The van der Waals surface area contributed by atoms with Crippen molar-refractivity contribution in [1.82, 2.24) is 10.6 Å². The first kappa shape index (κ1) is 18.7. The first-order valence-electron chi connectivity index (χ1n) is 8.56. The van der Waals surface area contributed by atoms with Crippen molar-refractivity contribution in [2.45, 2.75) is 31.8 Å². The van der Waals surface area contributed by atoms with Crippen LogP contribution in [0.5, 0.6) is 0 Å². The minimum atomic E-state index is -0.490. The Balaban J connectivity index is 2.02. The molecule has 25 heavy (non-hydrogen) atoms. The van der Waals surface area contributed by atoms with Crippen LogP contribution >= 0.6 is 0 Å². The second kappa shape index (κ2) is 9.59. The van der Waals surface area contributed by atoms with Gasteiger partial charge in [-0.15, -0.1) is 0 Å². The number of hydrogen-bond acceptors (Lipinski definition) is 2. The van der Waals surface area contributed by atoms with Gasteiger partial charge in [0.2, 0.25) is 0 Å². The highest BCUT2D eigenvalue weighted by Crippen LogP contribution is 2.10. The van der Waals surface area contributed by atoms with Crippen molar-refractivity contribution < 1.29 is 14.9 Å². The lowest BCUT2D eigenvalue weighted by Gasteiger charge is -2.19. The summed E-state index contributed by atoms with van der Waals surface area (Å²) in [6.45, 7) is 2.10. The third-order valence-corrected chi connectivity index (χ3v) is 4.16. The van der Waals surface area contributed by atoms with Crippen LogP contribution in [0.1, 0.15) is 30.5 Å². The number of aryl methyl sites for hydroxylation is 1. The standard InChI is InChI=1S/C20H25N3O2/c1-15(13-14-16-9-5-3-6-10-16)22-18(17-11-7-4-8-12-17)19(24)23-20(25)21-2/h3-12,15,18,22H,13-14H2,1-2H3,(H2,21,23,24,25)/p+1/t15-,18-/m0/s1. The fourth-order valence-corrected chi connectivity index (χ4v) is 2.73. The molecule has 0 aliphatic rings. The molecule has 2 aromatic carbocycles. The molecule has 2 atom stereocenters. The van der Waals surface area contributed by atoms with Crippen LogP contribution in [0, 0.1) is 0 Å². The predicted molar refractivity (Wildman–Crippen MR) is 97.9 cm³/mol. The first-order valence-corrected chi connectivity index (χ1v) is 8.56. The van der Waals surface area contributed by atoms with E-state index in [2.05, 4.69) is 29.7 Å². The molecule has 0 radical (unpaired) electrons. The number of nitrogens with two attached hydrogens (primary N) is 1. The summed E-state index contributed by atoms with van der Waals surface area (Å²) in [6.07, 6.45) is 1.90. The average Bonchev–Trinajstić information content (AvgIpc) is 2.65. The van der Waals surface area contributed by atoms with Crippen LogP contribution in [0.4, 0.5) is 4.79 Å². The van der Waals surface area contributed by atoms with Gasteiger partial charge >= 0.3 is 6.03 Å². The van der Waals surface area contributed by atoms with E-state index in [1.165, 1.54) is 12.6 Å². The molecule has 132 valence electrons. The monoisotopic (exact) mass is 340 g/mol. The maximum absolute atomic E-state index is 12.5. The Kier molecular flexibility index (Phi) is 7.16. The van der Waals surface area contributed by atoms with Crippen LogP contribution in [0.3, 0.4) is 0 Å². The van der Waals surface area contributed by atoms with Crippen LogP contribution in [-0.4, -0.2) is 25.0 Å². The summed E-state index contributed by atoms with van der Waals surface area (Å²) in [7, 11) is 1.49. The van der Waals surface area contributed by atoms with E-state index in [0.717, 1.165) is 18.4 Å². The third kappa shape index (κ3) is 6.04. The minimum absolute atomic E-state index is 0.237. The number of quaternary nitrogens is 1. The van der Waals surface area contributed by atoms with E-state index in [1.807, 2.05) is 53.8 Å². The lowest BCUT2D eigenvalue weighted by Crippen LogP contribution is -2.92. The zero-order valence-electron chi connectivity index (χ0n) is 14.7. The molecule has 2 rings (SSSR count). The van der Waals surface area contributed by atoms with E-state index in [-0.39, 0.29) is 11.9 Å². The molecule has 0 bridgehead atoms. The topological polar surface area (TPSA) is 74.8 Å². The number of hydrogen-bond donors (Lipinski definition) is 3. The molecule has 0 aromatic heterocycles.